The molecule has 1 aromatic heterocycles. The van der Waals surface area contributed by atoms with E-state index >= 15 is 0 Å². The molecule has 0 saturated carbocycles. The lowest BCUT2D eigenvalue weighted by Crippen LogP contribution is -2.19. The molecular formula is C12H10BrF3N4O. The SMILES string of the molecule is NCC(Cc1n[nH]c(=O)n1-c1ccc(Br)cc1F)=C(F)F. The van der Waals surface area contributed by atoms with Gasteiger partial charge in [0, 0.05) is 23.0 Å². The van der Waals surface area contributed by atoms with Crippen LogP contribution in [0.2, 0.25) is 0 Å². The van der Waals surface area contributed by atoms with Gasteiger partial charge in [-0.3, -0.25) is 0 Å². The molecule has 0 unspecified atom stereocenters. The average molecular weight is 363 g/mol. The predicted molar refractivity (Wildman–Crippen MR) is 73.8 cm³/mol. The minimum absolute atomic E-state index is 0.0468. The fraction of sp³-hybridized carbons (Fsp3) is 0.167. The number of nitrogens with zero attached hydrogens (tertiary/aromatic N) is 2. The Kier molecular flexibility index (Phi) is 4.63. The van der Waals surface area contributed by atoms with Crippen molar-refractivity contribution in [1.29, 1.82) is 0 Å². The zero-order valence-electron chi connectivity index (χ0n) is 10.5. The van der Waals surface area contributed by atoms with Gasteiger partial charge in [-0.25, -0.2) is 18.9 Å². The lowest BCUT2D eigenvalue weighted by atomic mass is 10.2. The Morgan fingerprint density at radius 3 is 2.71 bits per heavy atom. The van der Waals surface area contributed by atoms with Crippen LogP contribution in [-0.4, -0.2) is 21.3 Å². The topological polar surface area (TPSA) is 76.7 Å². The molecule has 0 radical (unpaired) electrons. The van der Waals surface area contributed by atoms with Gasteiger partial charge in [-0.15, -0.1) is 0 Å². The number of aromatic nitrogens is 3. The van der Waals surface area contributed by atoms with Gasteiger partial charge in [0.25, 0.3) is 6.08 Å². The van der Waals surface area contributed by atoms with Gasteiger partial charge in [-0.05, 0) is 18.2 Å². The van der Waals surface area contributed by atoms with E-state index in [0.717, 1.165) is 10.6 Å². The molecule has 0 saturated heterocycles. The van der Waals surface area contributed by atoms with Gasteiger partial charge in [0.05, 0.1) is 5.69 Å². The highest BCUT2D eigenvalue weighted by atomic mass is 79.9. The van der Waals surface area contributed by atoms with Gasteiger partial charge >= 0.3 is 5.69 Å². The molecule has 0 fully saturated rings. The first kappa shape index (κ1) is 15.5. The monoisotopic (exact) mass is 362 g/mol. The summed E-state index contributed by atoms with van der Waals surface area (Å²) in [5, 5.41) is 5.77. The molecule has 0 spiro atoms. The molecule has 0 amide bonds. The van der Waals surface area contributed by atoms with E-state index in [1.807, 2.05) is 0 Å². The highest BCUT2D eigenvalue weighted by molar-refractivity contribution is 9.10. The molecule has 2 rings (SSSR count). The Morgan fingerprint density at radius 2 is 2.14 bits per heavy atom. The third-order valence-electron chi connectivity index (χ3n) is 2.78. The van der Waals surface area contributed by atoms with E-state index in [1.165, 1.54) is 12.1 Å². The molecule has 1 aromatic carbocycles. The number of hydrogen-bond donors (Lipinski definition) is 2. The fourth-order valence-electron chi connectivity index (χ4n) is 1.77. The first-order valence-corrected chi connectivity index (χ1v) is 6.58. The zero-order valence-corrected chi connectivity index (χ0v) is 12.1. The van der Waals surface area contributed by atoms with Crippen LogP contribution in [0.25, 0.3) is 5.69 Å². The first-order valence-electron chi connectivity index (χ1n) is 5.79. The summed E-state index contributed by atoms with van der Waals surface area (Å²) in [5.41, 5.74) is 4.05. The van der Waals surface area contributed by atoms with Crippen LogP contribution in [0, 0.1) is 5.82 Å². The van der Waals surface area contributed by atoms with Gasteiger partial charge in [0.2, 0.25) is 0 Å². The van der Waals surface area contributed by atoms with Crippen LogP contribution in [0.4, 0.5) is 13.2 Å². The smallest absolute Gasteiger partial charge is 0.327 e. The fourth-order valence-corrected chi connectivity index (χ4v) is 2.10. The highest BCUT2D eigenvalue weighted by Gasteiger charge is 2.17. The van der Waals surface area contributed by atoms with E-state index in [4.69, 9.17) is 5.73 Å². The molecular weight excluding hydrogens is 353 g/mol. The van der Waals surface area contributed by atoms with Gasteiger partial charge in [0.15, 0.2) is 0 Å². The molecule has 21 heavy (non-hydrogen) atoms. The second-order valence-electron chi connectivity index (χ2n) is 4.12. The number of aromatic amines is 1. The highest BCUT2D eigenvalue weighted by Crippen LogP contribution is 2.20. The normalized spacial score (nSPS) is 10.7. The predicted octanol–water partition coefficient (Wildman–Crippen LogP) is 2.11. The Labute approximate surface area is 125 Å². The summed E-state index contributed by atoms with van der Waals surface area (Å²) in [6, 6.07) is 4.03. The summed E-state index contributed by atoms with van der Waals surface area (Å²) >= 11 is 3.09. The molecule has 5 nitrogen and oxygen atoms in total. The Bertz CT molecular complexity index is 749. The maximum absolute atomic E-state index is 13.9. The lowest BCUT2D eigenvalue weighted by molar-refractivity contribution is 0.407. The van der Waals surface area contributed by atoms with Crippen LogP contribution in [0.1, 0.15) is 5.82 Å². The van der Waals surface area contributed by atoms with Crippen molar-refractivity contribution < 1.29 is 13.2 Å². The summed E-state index contributed by atoms with van der Waals surface area (Å²) in [5.74, 6) is -0.734. The minimum atomic E-state index is -1.93. The van der Waals surface area contributed by atoms with Crippen molar-refractivity contribution in [3.05, 3.63) is 56.5 Å². The summed E-state index contributed by atoms with van der Waals surface area (Å²) in [7, 11) is 0. The van der Waals surface area contributed by atoms with Crippen molar-refractivity contribution in [1.82, 2.24) is 14.8 Å². The third kappa shape index (κ3) is 3.24. The molecule has 0 atom stereocenters. The van der Waals surface area contributed by atoms with Gasteiger partial charge in [0.1, 0.15) is 11.6 Å². The van der Waals surface area contributed by atoms with Gasteiger partial charge in [-0.2, -0.15) is 13.9 Å². The summed E-state index contributed by atoms with van der Waals surface area (Å²) < 4.78 is 40.6. The molecule has 112 valence electrons. The number of benzene rings is 1. The van der Waals surface area contributed by atoms with E-state index in [2.05, 4.69) is 26.1 Å². The number of halogens is 4. The van der Waals surface area contributed by atoms with E-state index in [-0.39, 0.29) is 30.1 Å². The minimum Gasteiger partial charge on any atom is -0.327 e. The summed E-state index contributed by atoms with van der Waals surface area (Å²) in [6.45, 7) is -0.383. The van der Waals surface area contributed by atoms with Crippen molar-refractivity contribution in [2.75, 3.05) is 6.54 Å². The number of nitrogens with one attached hydrogen (secondary N) is 1. The number of H-pyrrole nitrogens is 1. The number of hydrogen-bond acceptors (Lipinski definition) is 3. The summed E-state index contributed by atoms with van der Waals surface area (Å²) in [6.07, 6.45) is -2.29. The van der Waals surface area contributed by atoms with E-state index in [9.17, 15) is 18.0 Å². The van der Waals surface area contributed by atoms with Crippen molar-refractivity contribution in [2.24, 2.45) is 5.73 Å². The quantitative estimate of drug-likeness (QED) is 0.874. The largest absolute Gasteiger partial charge is 0.348 e. The van der Waals surface area contributed by atoms with E-state index < -0.39 is 17.6 Å². The molecule has 3 N–H and O–H groups in total. The maximum atomic E-state index is 13.9. The van der Waals surface area contributed by atoms with Crippen LogP contribution in [-0.2, 0) is 6.42 Å². The van der Waals surface area contributed by atoms with Crippen LogP contribution in [0.15, 0.2) is 39.1 Å². The van der Waals surface area contributed by atoms with E-state index in [0.29, 0.717) is 4.47 Å². The first-order chi connectivity index (χ1) is 9.93. The number of nitrogens with two attached hydrogens (primary N) is 1. The van der Waals surface area contributed by atoms with Crippen molar-refractivity contribution >= 4 is 15.9 Å². The molecule has 9 heteroatoms. The van der Waals surface area contributed by atoms with Crippen LogP contribution >= 0.6 is 15.9 Å². The molecule has 2 aromatic rings. The van der Waals surface area contributed by atoms with Crippen LogP contribution < -0.4 is 11.4 Å². The third-order valence-corrected chi connectivity index (χ3v) is 3.27. The van der Waals surface area contributed by atoms with Crippen LogP contribution in [0.3, 0.4) is 0 Å². The second-order valence-corrected chi connectivity index (χ2v) is 5.04. The van der Waals surface area contributed by atoms with Crippen molar-refractivity contribution in [2.45, 2.75) is 6.42 Å². The maximum Gasteiger partial charge on any atom is 0.348 e. The Morgan fingerprint density at radius 1 is 1.43 bits per heavy atom. The van der Waals surface area contributed by atoms with Gasteiger partial charge < -0.3 is 5.73 Å². The molecule has 1 heterocycles. The molecule has 0 bridgehead atoms. The standard InChI is InChI=1S/C12H10BrF3N4O/c13-7-1-2-9(8(14)4-7)20-10(18-19-12(20)21)3-6(5-17)11(15)16/h1-2,4H,3,5,17H2,(H,19,21). The second kappa shape index (κ2) is 6.27. The summed E-state index contributed by atoms with van der Waals surface area (Å²) in [4.78, 5) is 11.7. The average Bonchev–Trinajstić information content (AvgIpc) is 2.77. The van der Waals surface area contributed by atoms with Crippen molar-refractivity contribution in [3.63, 3.8) is 0 Å². The lowest BCUT2D eigenvalue weighted by Gasteiger charge is -2.08. The molecule has 0 aliphatic rings. The zero-order chi connectivity index (χ0) is 15.6. The Hall–Kier alpha value is -1.87. The van der Waals surface area contributed by atoms with Crippen molar-refractivity contribution in [3.8, 4) is 5.69 Å². The van der Waals surface area contributed by atoms with E-state index in [1.54, 1.807) is 0 Å². The molecule has 0 aliphatic heterocycles. The molecule has 0 aliphatic carbocycles. The number of rotatable bonds is 4. The van der Waals surface area contributed by atoms with Crippen LogP contribution in [0.5, 0.6) is 0 Å². The Balaban J connectivity index is 2.53. The van der Waals surface area contributed by atoms with Gasteiger partial charge in [-0.1, -0.05) is 15.9 Å².